The summed E-state index contributed by atoms with van der Waals surface area (Å²) in [6.45, 7) is 1.36. The highest BCUT2D eigenvalue weighted by Crippen LogP contribution is 2.33. The van der Waals surface area contributed by atoms with Crippen LogP contribution in [0.4, 0.5) is 5.82 Å². The van der Waals surface area contributed by atoms with E-state index in [0.29, 0.717) is 29.8 Å². The molecule has 6 rings (SSSR count). The van der Waals surface area contributed by atoms with Crippen molar-refractivity contribution in [3.8, 4) is 28.4 Å². The van der Waals surface area contributed by atoms with Crippen molar-refractivity contribution in [2.45, 2.75) is 44.7 Å². The van der Waals surface area contributed by atoms with Crippen molar-refractivity contribution in [2.75, 3.05) is 11.9 Å². The zero-order valence-corrected chi connectivity index (χ0v) is 18.9. The van der Waals surface area contributed by atoms with E-state index in [0.717, 1.165) is 42.0 Å². The van der Waals surface area contributed by atoms with Crippen LogP contribution in [0.2, 0.25) is 0 Å². The maximum absolute atomic E-state index is 13.4. The van der Waals surface area contributed by atoms with Gasteiger partial charge in [0, 0.05) is 30.7 Å². The summed E-state index contributed by atoms with van der Waals surface area (Å²) in [5, 5.41) is 7.49. The average Bonchev–Trinajstić information content (AvgIpc) is 3.48. The zero-order valence-electron chi connectivity index (χ0n) is 18.9. The molecule has 0 atom stereocenters. The maximum atomic E-state index is 13.4. The zero-order chi connectivity index (χ0) is 22.9. The number of ether oxygens (including phenoxy) is 1. The number of nitrogens with zero attached hydrogens (tertiary/aromatic N) is 5. The first-order chi connectivity index (χ1) is 16.7. The van der Waals surface area contributed by atoms with Crippen LogP contribution in [0.5, 0.6) is 5.75 Å². The highest BCUT2D eigenvalue weighted by Gasteiger charge is 2.21. The van der Waals surface area contributed by atoms with Crippen LogP contribution in [-0.4, -0.2) is 36.8 Å². The van der Waals surface area contributed by atoms with Crippen LogP contribution < -0.4 is 10.1 Å². The topological polar surface area (TPSA) is 86.9 Å². The van der Waals surface area contributed by atoms with Gasteiger partial charge in [0.15, 0.2) is 5.82 Å². The molecule has 1 aliphatic carbocycles. The van der Waals surface area contributed by atoms with E-state index >= 15 is 0 Å². The largest absolute Gasteiger partial charge is 0.493 e. The van der Waals surface area contributed by atoms with Gasteiger partial charge in [-0.3, -0.25) is 9.48 Å². The van der Waals surface area contributed by atoms with Gasteiger partial charge in [0.25, 0.3) is 5.91 Å². The Labute approximate surface area is 197 Å². The number of pyridine rings is 1. The van der Waals surface area contributed by atoms with E-state index in [1.54, 1.807) is 12.3 Å². The van der Waals surface area contributed by atoms with Crippen molar-refractivity contribution in [1.29, 1.82) is 0 Å². The van der Waals surface area contributed by atoms with Gasteiger partial charge < -0.3 is 14.6 Å². The van der Waals surface area contributed by atoms with Crippen molar-refractivity contribution in [1.82, 2.24) is 24.3 Å². The summed E-state index contributed by atoms with van der Waals surface area (Å²) in [5.74, 6) is 1.58. The quantitative estimate of drug-likeness (QED) is 0.463. The molecule has 34 heavy (non-hydrogen) atoms. The first-order valence-corrected chi connectivity index (χ1v) is 11.9. The Morgan fingerprint density at radius 2 is 2.00 bits per heavy atom. The van der Waals surface area contributed by atoms with Crippen molar-refractivity contribution in [3.63, 3.8) is 0 Å². The number of hydrogen-bond acceptors (Lipinski definition) is 5. The van der Waals surface area contributed by atoms with Gasteiger partial charge in [-0.05, 0) is 61.9 Å². The Kier molecular flexibility index (Phi) is 5.33. The molecule has 1 fully saturated rings. The molecule has 4 aromatic rings. The molecule has 8 nitrogen and oxygen atoms in total. The summed E-state index contributed by atoms with van der Waals surface area (Å²) in [6.07, 6.45) is 13.1. The molecule has 8 heteroatoms. The van der Waals surface area contributed by atoms with E-state index in [2.05, 4.69) is 31.1 Å². The predicted molar refractivity (Wildman–Crippen MR) is 129 cm³/mol. The van der Waals surface area contributed by atoms with E-state index in [1.165, 1.54) is 19.3 Å². The molecule has 4 heterocycles. The van der Waals surface area contributed by atoms with Crippen molar-refractivity contribution >= 4 is 11.7 Å². The third-order valence-electron chi connectivity index (χ3n) is 6.59. The molecule has 1 aliphatic heterocycles. The fraction of sp³-hybridized carbons (Fsp3) is 0.308. The molecule has 1 amide bonds. The van der Waals surface area contributed by atoms with Gasteiger partial charge in [-0.2, -0.15) is 5.10 Å². The first kappa shape index (κ1) is 20.7. The van der Waals surface area contributed by atoms with E-state index in [1.807, 2.05) is 47.4 Å². The molecule has 3 aromatic heterocycles. The van der Waals surface area contributed by atoms with Crippen LogP contribution in [0.25, 0.3) is 22.6 Å². The highest BCUT2D eigenvalue weighted by atomic mass is 16.5. The monoisotopic (exact) mass is 454 g/mol. The smallest absolute Gasteiger partial charge is 0.260 e. The number of anilines is 1. The van der Waals surface area contributed by atoms with Gasteiger partial charge in [-0.25, -0.2) is 9.97 Å². The lowest BCUT2D eigenvalue weighted by atomic mass is 9.93. The minimum Gasteiger partial charge on any atom is -0.493 e. The summed E-state index contributed by atoms with van der Waals surface area (Å²) in [5.41, 5.74) is 3.15. The Balaban J connectivity index is 1.34. The summed E-state index contributed by atoms with van der Waals surface area (Å²) >= 11 is 0. The number of carbonyl (C=O) groups excluding carboxylic acids is 1. The number of aryl methyl sites for hydroxylation is 1. The van der Waals surface area contributed by atoms with Crippen molar-refractivity contribution < 1.29 is 9.53 Å². The standard InChI is InChI=1S/C26H26N6O2/c33-26-21-15-18(19-16-28-32(17-19)20-5-3-6-20)9-10-23(21)34-14-2-1-12-31-13-11-27-25(31)22-7-4-8-24(29-22)30-26/h4,7-11,13,15-17,20H,1-3,5-6,12,14H2,(H,29,30,33). The number of rotatable bonds is 2. The molecule has 0 saturated heterocycles. The Morgan fingerprint density at radius 1 is 1.06 bits per heavy atom. The predicted octanol–water partition coefficient (Wildman–Crippen LogP) is 4.96. The highest BCUT2D eigenvalue weighted by molar-refractivity contribution is 6.06. The van der Waals surface area contributed by atoms with Gasteiger partial charge in [0.2, 0.25) is 0 Å². The number of carbonyl (C=O) groups is 1. The summed E-state index contributed by atoms with van der Waals surface area (Å²) < 4.78 is 10.2. The van der Waals surface area contributed by atoms with Gasteiger partial charge >= 0.3 is 0 Å². The molecule has 0 radical (unpaired) electrons. The van der Waals surface area contributed by atoms with E-state index in [4.69, 9.17) is 4.74 Å². The number of nitrogens with one attached hydrogen (secondary N) is 1. The number of hydrogen-bond donors (Lipinski definition) is 1. The second-order valence-electron chi connectivity index (χ2n) is 8.87. The molecule has 1 aromatic carbocycles. The fourth-order valence-corrected chi connectivity index (χ4v) is 4.45. The minimum atomic E-state index is -0.256. The van der Waals surface area contributed by atoms with Gasteiger partial charge in [0.1, 0.15) is 17.3 Å². The molecule has 1 N–H and O–H groups in total. The molecular weight excluding hydrogens is 428 g/mol. The van der Waals surface area contributed by atoms with Crippen molar-refractivity contribution in [3.05, 3.63) is 66.7 Å². The van der Waals surface area contributed by atoms with Gasteiger partial charge in [-0.15, -0.1) is 0 Å². The van der Waals surface area contributed by atoms with E-state index < -0.39 is 0 Å². The lowest BCUT2D eigenvalue weighted by molar-refractivity contribution is 0.102. The number of fused-ring (bicyclic) bond motifs is 5. The fourth-order valence-electron chi connectivity index (χ4n) is 4.45. The second kappa shape index (κ2) is 8.78. The summed E-state index contributed by atoms with van der Waals surface area (Å²) in [7, 11) is 0. The summed E-state index contributed by atoms with van der Waals surface area (Å²) in [4.78, 5) is 22.5. The number of imidazole rings is 1. The number of benzene rings is 1. The Bertz CT molecular complexity index is 1340. The first-order valence-electron chi connectivity index (χ1n) is 11.9. The maximum Gasteiger partial charge on any atom is 0.260 e. The Hall–Kier alpha value is -3.94. The third kappa shape index (κ3) is 3.96. The second-order valence-corrected chi connectivity index (χ2v) is 8.87. The van der Waals surface area contributed by atoms with Gasteiger partial charge in [-0.1, -0.05) is 12.1 Å². The van der Waals surface area contributed by atoms with Crippen LogP contribution >= 0.6 is 0 Å². The lowest BCUT2D eigenvalue weighted by Crippen LogP contribution is -2.17. The van der Waals surface area contributed by atoms with E-state index in [-0.39, 0.29) is 5.91 Å². The molecule has 1 saturated carbocycles. The minimum absolute atomic E-state index is 0.256. The van der Waals surface area contributed by atoms with Crippen LogP contribution in [0.1, 0.15) is 48.5 Å². The summed E-state index contributed by atoms with van der Waals surface area (Å²) in [6, 6.07) is 11.8. The van der Waals surface area contributed by atoms with Crippen LogP contribution in [-0.2, 0) is 6.54 Å². The lowest BCUT2D eigenvalue weighted by Gasteiger charge is -2.25. The number of amides is 1. The molecule has 2 aliphatic rings. The van der Waals surface area contributed by atoms with Crippen LogP contribution in [0.3, 0.4) is 0 Å². The Morgan fingerprint density at radius 3 is 2.88 bits per heavy atom. The van der Waals surface area contributed by atoms with Crippen molar-refractivity contribution in [2.24, 2.45) is 0 Å². The molecule has 0 unspecified atom stereocenters. The SMILES string of the molecule is O=C1Nc2cccc(n2)-c2nccn2CCCCOc2ccc(-c3cnn(C4CCC4)c3)cc21. The molecule has 2 bridgehead atoms. The normalized spacial score (nSPS) is 16.4. The van der Waals surface area contributed by atoms with Crippen LogP contribution in [0, 0.1) is 0 Å². The third-order valence-corrected chi connectivity index (χ3v) is 6.59. The number of aromatic nitrogens is 5. The molecule has 0 spiro atoms. The van der Waals surface area contributed by atoms with E-state index in [9.17, 15) is 4.79 Å². The van der Waals surface area contributed by atoms with Gasteiger partial charge in [0.05, 0.1) is 24.4 Å². The average molecular weight is 455 g/mol. The van der Waals surface area contributed by atoms with Crippen LogP contribution in [0.15, 0.2) is 61.2 Å². The molecular formula is C26H26N6O2. The molecule has 172 valence electrons.